The maximum absolute atomic E-state index is 11.0. The van der Waals surface area contributed by atoms with Crippen molar-refractivity contribution in [2.45, 2.75) is 43.5 Å². The van der Waals surface area contributed by atoms with Crippen LogP contribution in [0.5, 0.6) is 0 Å². The van der Waals surface area contributed by atoms with Gasteiger partial charge in [0.2, 0.25) is 0 Å². The van der Waals surface area contributed by atoms with Crippen molar-refractivity contribution in [2.75, 3.05) is 6.61 Å². The highest BCUT2D eigenvalue weighted by molar-refractivity contribution is 5.87. The minimum absolute atomic E-state index is 0.186. The average Bonchev–Trinajstić information content (AvgIpc) is 2.73. The molecule has 0 unspecified atom stereocenters. The topological polar surface area (TPSA) is 148 Å². The van der Waals surface area contributed by atoms with E-state index in [1.165, 1.54) is 12.1 Å². The molecule has 5 atom stereocenters. The lowest BCUT2D eigenvalue weighted by Gasteiger charge is -2.40. The molecule has 156 valence electrons. The Morgan fingerprint density at radius 2 is 1.55 bits per heavy atom. The normalized spacial score (nSPS) is 27.0. The van der Waals surface area contributed by atoms with Crippen molar-refractivity contribution in [1.29, 1.82) is 0 Å². The van der Waals surface area contributed by atoms with Crippen molar-refractivity contribution in [1.82, 2.24) is 0 Å². The van der Waals surface area contributed by atoms with Gasteiger partial charge in [-0.15, -0.1) is 0 Å². The van der Waals surface area contributed by atoms with Crippen LogP contribution in [0.3, 0.4) is 0 Å². The molecule has 29 heavy (non-hydrogen) atoms. The highest BCUT2D eigenvalue weighted by Crippen LogP contribution is 2.35. The lowest BCUT2D eigenvalue weighted by atomic mass is 9.88. The smallest absolute Gasteiger partial charge is 0.335 e. The van der Waals surface area contributed by atoms with Crippen LogP contribution in [-0.2, 0) is 17.8 Å². The van der Waals surface area contributed by atoms with Crippen LogP contribution in [0, 0.1) is 0 Å². The lowest BCUT2D eigenvalue weighted by molar-refractivity contribution is -0.232. The van der Waals surface area contributed by atoms with Gasteiger partial charge in [-0.1, -0.05) is 30.3 Å². The maximum Gasteiger partial charge on any atom is 0.335 e. The zero-order chi connectivity index (χ0) is 21.1. The van der Waals surface area contributed by atoms with E-state index in [0.29, 0.717) is 17.5 Å². The summed E-state index contributed by atoms with van der Waals surface area (Å²) in [5, 5.41) is 58.5. The van der Waals surface area contributed by atoms with Crippen LogP contribution < -0.4 is 0 Å². The van der Waals surface area contributed by atoms with E-state index >= 15 is 0 Å². The first-order chi connectivity index (χ1) is 13.8. The second-order valence-corrected chi connectivity index (χ2v) is 7.12. The first-order valence-electron chi connectivity index (χ1n) is 9.21. The van der Waals surface area contributed by atoms with Crippen LogP contribution in [0.15, 0.2) is 42.5 Å². The molecule has 0 amide bonds. The molecule has 1 aliphatic heterocycles. The zero-order valence-electron chi connectivity index (χ0n) is 15.5. The molecule has 6 N–H and O–H groups in total. The van der Waals surface area contributed by atoms with Crippen LogP contribution in [0.4, 0.5) is 0 Å². The molecule has 0 spiro atoms. The van der Waals surface area contributed by atoms with Gasteiger partial charge in [0.15, 0.2) is 0 Å². The fourth-order valence-electron chi connectivity index (χ4n) is 3.52. The summed E-state index contributed by atoms with van der Waals surface area (Å²) in [6.07, 6.45) is -6.03. The third-order valence-electron chi connectivity index (χ3n) is 5.19. The van der Waals surface area contributed by atoms with Gasteiger partial charge in [-0.25, -0.2) is 4.79 Å². The molecule has 8 nitrogen and oxygen atoms in total. The first-order valence-corrected chi connectivity index (χ1v) is 9.21. The van der Waals surface area contributed by atoms with Crippen molar-refractivity contribution in [3.05, 3.63) is 70.3 Å². The number of ether oxygens (including phenoxy) is 1. The van der Waals surface area contributed by atoms with Gasteiger partial charge in [0.1, 0.15) is 30.5 Å². The Balaban J connectivity index is 1.89. The van der Waals surface area contributed by atoms with Gasteiger partial charge in [0, 0.05) is 0 Å². The molecule has 1 aliphatic rings. The zero-order valence-corrected chi connectivity index (χ0v) is 15.5. The second-order valence-electron chi connectivity index (χ2n) is 7.12. The Morgan fingerprint density at radius 3 is 2.14 bits per heavy atom. The number of hydrogen-bond donors (Lipinski definition) is 6. The van der Waals surface area contributed by atoms with E-state index in [4.69, 9.17) is 9.84 Å². The quantitative estimate of drug-likeness (QED) is 0.394. The third-order valence-corrected chi connectivity index (χ3v) is 5.19. The summed E-state index contributed by atoms with van der Waals surface area (Å²) in [5.41, 5.74) is 2.80. The van der Waals surface area contributed by atoms with Crippen molar-refractivity contribution in [3.63, 3.8) is 0 Å². The van der Waals surface area contributed by atoms with Gasteiger partial charge < -0.3 is 35.4 Å². The fourth-order valence-corrected chi connectivity index (χ4v) is 3.52. The molecule has 0 radical (unpaired) electrons. The number of hydrogen-bond acceptors (Lipinski definition) is 7. The van der Waals surface area contributed by atoms with Crippen LogP contribution >= 0.6 is 0 Å². The number of aliphatic hydroxyl groups excluding tert-OH is 5. The molecule has 1 fully saturated rings. The minimum atomic E-state index is -1.51. The highest BCUT2D eigenvalue weighted by Gasteiger charge is 2.44. The molecule has 3 rings (SSSR count). The van der Waals surface area contributed by atoms with Crippen molar-refractivity contribution < 1.29 is 40.2 Å². The van der Waals surface area contributed by atoms with Gasteiger partial charge in [0.05, 0.1) is 18.8 Å². The number of carboxylic acid groups (broad SMARTS) is 1. The summed E-state index contributed by atoms with van der Waals surface area (Å²) < 4.78 is 5.62. The molecular weight excluding hydrogens is 380 g/mol. The summed E-state index contributed by atoms with van der Waals surface area (Å²) in [4.78, 5) is 11.0. The molecule has 0 bridgehead atoms. The van der Waals surface area contributed by atoms with Gasteiger partial charge in [0.25, 0.3) is 0 Å². The number of aliphatic hydroxyl groups is 5. The van der Waals surface area contributed by atoms with Gasteiger partial charge in [-0.2, -0.15) is 0 Å². The lowest BCUT2D eigenvalue weighted by Crippen LogP contribution is -2.55. The molecule has 0 saturated carbocycles. The standard InChI is InChI=1S/C21H24O8/c22-9-14-6-3-12(7-11-1-4-13(5-2-11)21(27)28)8-15(14)20-19(26)18(25)17(24)16(10-23)29-20/h1-6,8,16-20,22-26H,7,9-10H2,(H,27,28)/t16-,17-,18+,19-,20+/m1/s1. The first kappa shape index (κ1) is 21.4. The number of carbonyl (C=O) groups is 1. The molecule has 0 aliphatic carbocycles. The van der Waals surface area contributed by atoms with Crippen molar-refractivity contribution in [2.24, 2.45) is 0 Å². The van der Waals surface area contributed by atoms with E-state index < -0.39 is 43.1 Å². The monoisotopic (exact) mass is 404 g/mol. The molecule has 8 heteroatoms. The molecule has 1 saturated heterocycles. The Hall–Kier alpha value is -2.33. The summed E-state index contributed by atoms with van der Waals surface area (Å²) >= 11 is 0. The summed E-state index contributed by atoms with van der Waals surface area (Å²) in [5.74, 6) is -1.01. The third kappa shape index (κ3) is 4.48. The number of rotatable bonds is 6. The highest BCUT2D eigenvalue weighted by atomic mass is 16.5. The number of aromatic carboxylic acids is 1. The fraction of sp³-hybridized carbons (Fsp3) is 0.381. The Morgan fingerprint density at radius 1 is 0.897 bits per heavy atom. The Kier molecular flexibility index (Phi) is 6.63. The largest absolute Gasteiger partial charge is 0.478 e. The van der Waals surface area contributed by atoms with E-state index in [2.05, 4.69) is 0 Å². The summed E-state index contributed by atoms with van der Waals surface area (Å²) in [6, 6.07) is 11.6. The van der Waals surface area contributed by atoms with Crippen LogP contribution in [0.25, 0.3) is 0 Å². The predicted octanol–water partition coefficient (Wildman–Crippen LogP) is -0.0172. The Bertz CT molecular complexity index is 848. The van der Waals surface area contributed by atoms with E-state index in [1.807, 2.05) is 0 Å². The summed E-state index contributed by atoms with van der Waals surface area (Å²) in [7, 11) is 0. The van der Waals surface area contributed by atoms with E-state index in [0.717, 1.165) is 11.1 Å². The van der Waals surface area contributed by atoms with Crippen LogP contribution in [0.1, 0.15) is 38.7 Å². The average molecular weight is 404 g/mol. The maximum atomic E-state index is 11.0. The molecule has 2 aromatic carbocycles. The molecular formula is C21H24O8. The minimum Gasteiger partial charge on any atom is -0.478 e. The van der Waals surface area contributed by atoms with E-state index in [-0.39, 0.29) is 12.2 Å². The second kappa shape index (κ2) is 9.00. The Labute approximate surface area is 167 Å². The number of carboxylic acids is 1. The number of benzene rings is 2. The van der Waals surface area contributed by atoms with E-state index in [1.54, 1.807) is 30.3 Å². The van der Waals surface area contributed by atoms with Crippen molar-refractivity contribution in [3.8, 4) is 0 Å². The van der Waals surface area contributed by atoms with Gasteiger partial charge in [-0.3, -0.25) is 0 Å². The molecule has 1 heterocycles. The molecule has 2 aromatic rings. The van der Waals surface area contributed by atoms with Gasteiger partial charge >= 0.3 is 5.97 Å². The van der Waals surface area contributed by atoms with E-state index in [9.17, 15) is 30.3 Å². The van der Waals surface area contributed by atoms with Crippen LogP contribution in [-0.4, -0.2) is 67.6 Å². The summed E-state index contributed by atoms with van der Waals surface area (Å²) in [6.45, 7) is -0.858. The molecule has 0 aromatic heterocycles. The van der Waals surface area contributed by atoms with Crippen LogP contribution in [0.2, 0.25) is 0 Å². The van der Waals surface area contributed by atoms with Crippen molar-refractivity contribution >= 4 is 5.97 Å². The predicted molar refractivity (Wildman–Crippen MR) is 101 cm³/mol. The van der Waals surface area contributed by atoms with Gasteiger partial charge in [-0.05, 0) is 40.8 Å². The SMILES string of the molecule is O=C(O)c1ccc(Cc2ccc(CO)c([C@@H]3O[C@H](CO)[C@@H](O)[C@H](O)[C@H]3O)c2)cc1.